The van der Waals surface area contributed by atoms with Crippen molar-refractivity contribution >= 4 is 0 Å². The Bertz CT molecular complexity index is 538. The van der Waals surface area contributed by atoms with Crippen LogP contribution in [0.4, 0.5) is 4.39 Å². The van der Waals surface area contributed by atoms with Gasteiger partial charge < -0.3 is 10.6 Å². The van der Waals surface area contributed by atoms with Gasteiger partial charge in [0.2, 0.25) is 0 Å². The summed E-state index contributed by atoms with van der Waals surface area (Å²) in [5.41, 5.74) is 7.78. The molecule has 102 valence electrons. The zero-order chi connectivity index (χ0) is 13.8. The zero-order valence-electron chi connectivity index (χ0n) is 11.3. The van der Waals surface area contributed by atoms with Crippen molar-refractivity contribution in [3.8, 4) is 0 Å². The number of benzene rings is 1. The number of hydrogen-bond acceptors (Lipinski definition) is 3. The van der Waals surface area contributed by atoms with Crippen molar-refractivity contribution in [1.82, 2.24) is 14.7 Å². The zero-order valence-corrected chi connectivity index (χ0v) is 11.3. The minimum absolute atomic E-state index is 0.120. The van der Waals surface area contributed by atoms with Crippen LogP contribution in [0.25, 0.3) is 0 Å². The first kappa shape index (κ1) is 13.7. The van der Waals surface area contributed by atoms with Gasteiger partial charge in [-0.15, -0.1) is 0 Å². The highest BCUT2D eigenvalue weighted by Gasteiger charge is 2.12. The van der Waals surface area contributed by atoms with Crippen molar-refractivity contribution in [2.45, 2.75) is 12.6 Å². The van der Waals surface area contributed by atoms with E-state index in [1.165, 1.54) is 6.07 Å². The molecule has 2 N–H and O–H groups in total. The molecule has 1 aromatic carbocycles. The van der Waals surface area contributed by atoms with Gasteiger partial charge in [-0.3, -0.25) is 4.68 Å². The molecule has 1 heterocycles. The van der Waals surface area contributed by atoms with E-state index < -0.39 is 0 Å². The third kappa shape index (κ3) is 3.62. The summed E-state index contributed by atoms with van der Waals surface area (Å²) in [5.74, 6) is -0.177. The summed E-state index contributed by atoms with van der Waals surface area (Å²) in [4.78, 5) is 2.01. The predicted molar refractivity (Wildman–Crippen MR) is 72.9 cm³/mol. The Morgan fingerprint density at radius 1 is 1.42 bits per heavy atom. The molecular weight excluding hydrogens is 243 g/mol. The minimum atomic E-state index is -0.177. The molecule has 0 radical (unpaired) electrons. The third-order valence-electron chi connectivity index (χ3n) is 3.06. The molecule has 0 spiro atoms. The van der Waals surface area contributed by atoms with Gasteiger partial charge in [0.05, 0.1) is 6.20 Å². The summed E-state index contributed by atoms with van der Waals surface area (Å²) in [7, 11) is 3.79. The van der Waals surface area contributed by atoms with E-state index in [1.807, 2.05) is 31.3 Å². The molecule has 1 aromatic heterocycles. The molecule has 1 atom stereocenters. The number of nitrogens with zero attached hydrogens (tertiary/aromatic N) is 3. The molecule has 5 heteroatoms. The van der Waals surface area contributed by atoms with Crippen LogP contribution in [0.5, 0.6) is 0 Å². The van der Waals surface area contributed by atoms with E-state index in [-0.39, 0.29) is 11.9 Å². The Morgan fingerprint density at radius 3 is 2.79 bits per heavy atom. The Hall–Kier alpha value is -1.72. The summed E-state index contributed by atoms with van der Waals surface area (Å²) in [5, 5.41) is 4.10. The molecule has 0 aliphatic rings. The molecule has 0 saturated heterocycles. The first-order chi connectivity index (χ1) is 9.06. The summed E-state index contributed by atoms with van der Waals surface area (Å²) in [6.45, 7) is 1.20. The van der Waals surface area contributed by atoms with Gasteiger partial charge in [-0.2, -0.15) is 5.10 Å². The minimum Gasteiger partial charge on any atom is -0.323 e. The average molecular weight is 262 g/mol. The van der Waals surface area contributed by atoms with Crippen molar-refractivity contribution in [3.63, 3.8) is 0 Å². The SMILES string of the molecule is CN(Cc1ccccc1F)CC(N)c1cnn(C)c1. The second kappa shape index (κ2) is 5.95. The van der Waals surface area contributed by atoms with Crippen molar-refractivity contribution in [3.05, 3.63) is 53.6 Å². The molecule has 0 fully saturated rings. The Labute approximate surface area is 112 Å². The van der Waals surface area contributed by atoms with Crippen LogP contribution in [0.1, 0.15) is 17.2 Å². The fourth-order valence-corrected chi connectivity index (χ4v) is 2.05. The highest BCUT2D eigenvalue weighted by atomic mass is 19.1. The number of aryl methyl sites for hydroxylation is 1. The maximum absolute atomic E-state index is 13.5. The molecule has 0 aliphatic heterocycles. The number of likely N-dealkylation sites (N-methyl/N-ethyl adjacent to an activating group) is 1. The molecule has 0 bridgehead atoms. The summed E-state index contributed by atoms with van der Waals surface area (Å²) >= 11 is 0. The molecule has 4 nitrogen and oxygen atoms in total. The van der Waals surface area contributed by atoms with Crippen LogP contribution < -0.4 is 5.73 Å². The van der Waals surface area contributed by atoms with Crippen LogP contribution >= 0.6 is 0 Å². The van der Waals surface area contributed by atoms with Gasteiger partial charge in [0, 0.05) is 43.5 Å². The molecule has 0 amide bonds. The summed E-state index contributed by atoms with van der Waals surface area (Å²) < 4.78 is 15.3. The predicted octanol–water partition coefficient (Wildman–Crippen LogP) is 1.69. The third-order valence-corrected chi connectivity index (χ3v) is 3.06. The van der Waals surface area contributed by atoms with Crippen molar-refractivity contribution < 1.29 is 4.39 Å². The number of aromatic nitrogens is 2. The molecule has 1 unspecified atom stereocenters. The maximum Gasteiger partial charge on any atom is 0.127 e. The summed E-state index contributed by atoms with van der Waals surface area (Å²) in [6, 6.07) is 6.68. The largest absolute Gasteiger partial charge is 0.323 e. The van der Waals surface area contributed by atoms with E-state index in [4.69, 9.17) is 5.73 Å². The van der Waals surface area contributed by atoms with Crippen LogP contribution in [0, 0.1) is 5.82 Å². The lowest BCUT2D eigenvalue weighted by molar-refractivity contribution is 0.300. The van der Waals surface area contributed by atoms with E-state index in [0.29, 0.717) is 18.7 Å². The van der Waals surface area contributed by atoms with Gasteiger partial charge in [0.25, 0.3) is 0 Å². The van der Waals surface area contributed by atoms with Crippen molar-refractivity contribution in [2.75, 3.05) is 13.6 Å². The van der Waals surface area contributed by atoms with Gasteiger partial charge >= 0.3 is 0 Å². The summed E-state index contributed by atoms with van der Waals surface area (Å²) in [6.07, 6.45) is 3.67. The molecule has 19 heavy (non-hydrogen) atoms. The number of nitrogens with two attached hydrogens (primary N) is 1. The van der Waals surface area contributed by atoms with E-state index in [1.54, 1.807) is 23.0 Å². The highest BCUT2D eigenvalue weighted by Crippen LogP contribution is 2.13. The molecular formula is C14H19FN4. The van der Waals surface area contributed by atoms with Crippen LogP contribution in [0.3, 0.4) is 0 Å². The van der Waals surface area contributed by atoms with E-state index >= 15 is 0 Å². The molecule has 2 rings (SSSR count). The monoisotopic (exact) mass is 262 g/mol. The standard InChI is InChI=1S/C14H19FN4/c1-18(8-11-5-3-4-6-13(11)15)10-14(16)12-7-17-19(2)9-12/h3-7,9,14H,8,10,16H2,1-2H3. The van der Waals surface area contributed by atoms with Gasteiger partial charge in [-0.1, -0.05) is 18.2 Å². The van der Waals surface area contributed by atoms with E-state index in [9.17, 15) is 4.39 Å². The topological polar surface area (TPSA) is 47.1 Å². The quantitative estimate of drug-likeness (QED) is 0.892. The number of halogens is 1. The molecule has 2 aromatic rings. The molecule has 0 saturated carbocycles. The molecule has 0 aliphatic carbocycles. The van der Waals surface area contributed by atoms with Gasteiger partial charge in [-0.05, 0) is 13.1 Å². The average Bonchev–Trinajstić information content (AvgIpc) is 2.79. The van der Waals surface area contributed by atoms with Crippen LogP contribution in [-0.2, 0) is 13.6 Å². The van der Waals surface area contributed by atoms with E-state index in [0.717, 1.165) is 5.56 Å². The van der Waals surface area contributed by atoms with Gasteiger partial charge in [0.15, 0.2) is 0 Å². The van der Waals surface area contributed by atoms with Crippen LogP contribution in [-0.4, -0.2) is 28.3 Å². The highest BCUT2D eigenvalue weighted by molar-refractivity contribution is 5.17. The van der Waals surface area contributed by atoms with Gasteiger partial charge in [-0.25, -0.2) is 4.39 Å². The fraction of sp³-hybridized carbons (Fsp3) is 0.357. The van der Waals surface area contributed by atoms with Crippen LogP contribution in [0.2, 0.25) is 0 Å². The Kier molecular flexibility index (Phi) is 4.29. The van der Waals surface area contributed by atoms with Gasteiger partial charge in [0.1, 0.15) is 5.82 Å². The van der Waals surface area contributed by atoms with Crippen molar-refractivity contribution in [1.29, 1.82) is 0 Å². The Morgan fingerprint density at radius 2 is 2.16 bits per heavy atom. The normalized spacial score (nSPS) is 12.9. The lowest BCUT2D eigenvalue weighted by Crippen LogP contribution is -2.28. The maximum atomic E-state index is 13.5. The number of hydrogen-bond donors (Lipinski definition) is 1. The van der Waals surface area contributed by atoms with Crippen molar-refractivity contribution in [2.24, 2.45) is 12.8 Å². The second-order valence-corrected chi connectivity index (χ2v) is 4.84. The second-order valence-electron chi connectivity index (χ2n) is 4.84. The lowest BCUT2D eigenvalue weighted by Gasteiger charge is -2.20. The van der Waals surface area contributed by atoms with Crippen LogP contribution in [0.15, 0.2) is 36.7 Å². The first-order valence-corrected chi connectivity index (χ1v) is 6.22. The lowest BCUT2D eigenvalue weighted by atomic mass is 10.1. The van der Waals surface area contributed by atoms with E-state index in [2.05, 4.69) is 5.10 Å². The number of rotatable bonds is 5. The first-order valence-electron chi connectivity index (χ1n) is 6.22. The smallest absolute Gasteiger partial charge is 0.127 e. The Balaban J connectivity index is 1.94. The fourth-order valence-electron chi connectivity index (χ4n) is 2.05.